The number of guanidine groups is 1. The minimum atomic E-state index is 0.816. The molecule has 1 aromatic heterocycles. The van der Waals surface area contributed by atoms with Crippen molar-refractivity contribution in [3.63, 3.8) is 0 Å². The second-order valence-corrected chi connectivity index (χ2v) is 5.57. The SMILES string of the molecule is C/C=C/CCN=C(NCC)NCCc1ncc(CC)s1. The van der Waals surface area contributed by atoms with E-state index in [4.69, 9.17) is 0 Å². The number of aromatic nitrogens is 1. The van der Waals surface area contributed by atoms with E-state index in [0.29, 0.717) is 0 Å². The molecule has 0 fully saturated rings. The summed E-state index contributed by atoms with van der Waals surface area (Å²) in [6, 6.07) is 0. The predicted octanol–water partition coefficient (Wildman–Crippen LogP) is 2.77. The Morgan fingerprint density at radius 2 is 2.25 bits per heavy atom. The van der Waals surface area contributed by atoms with E-state index in [0.717, 1.165) is 44.9 Å². The van der Waals surface area contributed by atoms with Gasteiger partial charge in [-0.2, -0.15) is 0 Å². The molecule has 0 unspecified atom stereocenters. The van der Waals surface area contributed by atoms with E-state index in [-0.39, 0.29) is 0 Å². The van der Waals surface area contributed by atoms with Gasteiger partial charge in [0.15, 0.2) is 5.96 Å². The number of nitrogens with zero attached hydrogens (tertiary/aromatic N) is 2. The Kier molecular flexibility index (Phi) is 8.71. The molecule has 0 amide bonds. The maximum atomic E-state index is 4.53. The summed E-state index contributed by atoms with van der Waals surface area (Å²) in [4.78, 5) is 10.3. The Morgan fingerprint density at radius 3 is 2.90 bits per heavy atom. The Labute approximate surface area is 126 Å². The van der Waals surface area contributed by atoms with Gasteiger partial charge in [0.1, 0.15) is 0 Å². The molecule has 0 atom stereocenters. The number of nitrogens with one attached hydrogen (secondary N) is 2. The molecule has 0 bridgehead atoms. The maximum Gasteiger partial charge on any atom is 0.191 e. The molecule has 1 aromatic rings. The van der Waals surface area contributed by atoms with Crippen LogP contribution in [0.1, 0.15) is 37.1 Å². The van der Waals surface area contributed by atoms with Crippen molar-refractivity contribution in [3.8, 4) is 0 Å². The van der Waals surface area contributed by atoms with Gasteiger partial charge in [-0.15, -0.1) is 11.3 Å². The van der Waals surface area contributed by atoms with Gasteiger partial charge in [-0.25, -0.2) is 4.98 Å². The Morgan fingerprint density at radius 1 is 1.40 bits per heavy atom. The van der Waals surface area contributed by atoms with Gasteiger partial charge in [-0.05, 0) is 26.7 Å². The molecule has 0 saturated carbocycles. The molecule has 20 heavy (non-hydrogen) atoms. The van der Waals surface area contributed by atoms with E-state index >= 15 is 0 Å². The first kappa shape index (κ1) is 16.7. The summed E-state index contributed by atoms with van der Waals surface area (Å²) in [6.45, 7) is 8.84. The molecule has 0 spiro atoms. The third kappa shape index (κ3) is 6.70. The zero-order valence-corrected chi connectivity index (χ0v) is 13.6. The highest BCUT2D eigenvalue weighted by Gasteiger charge is 2.01. The van der Waals surface area contributed by atoms with Crippen LogP contribution < -0.4 is 10.6 Å². The molecule has 4 nitrogen and oxygen atoms in total. The van der Waals surface area contributed by atoms with Gasteiger partial charge in [0.05, 0.1) is 5.01 Å². The lowest BCUT2D eigenvalue weighted by Crippen LogP contribution is -2.38. The first-order valence-corrected chi connectivity index (χ1v) is 8.18. The van der Waals surface area contributed by atoms with Crippen LogP contribution in [0.25, 0.3) is 0 Å². The quantitative estimate of drug-likeness (QED) is 0.335. The van der Waals surface area contributed by atoms with Crippen molar-refractivity contribution in [2.75, 3.05) is 19.6 Å². The van der Waals surface area contributed by atoms with Crippen LogP contribution in [0.5, 0.6) is 0 Å². The second kappa shape index (κ2) is 10.4. The van der Waals surface area contributed by atoms with Crippen LogP contribution in [0.15, 0.2) is 23.3 Å². The van der Waals surface area contributed by atoms with Crippen LogP contribution in [0.4, 0.5) is 0 Å². The molecular weight excluding hydrogens is 268 g/mol. The van der Waals surface area contributed by atoms with Crippen molar-refractivity contribution in [2.45, 2.75) is 40.0 Å². The predicted molar refractivity (Wildman–Crippen MR) is 88.6 cm³/mol. The summed E-state index contributed by atoms with van der Waals surface area (Å²) in [5, 5.41) is 7.81. The Bertz CT molecular complexity index is 423. The van der Waals surface area contributed by atoms with Crippen LogP contribution in [-0.2, 0) is 12.8 Å². The molecule has 0 aliphatic carbocycles. The number of thiazole rings is 1. The third-order valence-corrected chi connectivity index (χ3v) is 3.93. The zero-order valence-electron chi connectivity index (χ0n) is 12.8. The third-order valence-electron chi connectivity index (χ3n) is 2.73. The van der Waals surface area contributed by atoms with Crippen molar-refractivity contribution in [2.24, 2.45) is 4.99 Å². The number of rotatable bonds is 8. The zero-order chi connectivity index (χ0) is 14.6. The second-order valence-electron chi connectivity index (χ2n) is 4.37. The van der Waals surface area contributed by atoms with Gasteiger partial charge in [0.25, 0.3) is 0 Å². The highest BCUT2D eigenvalue weighted by atomic mass is 32.1. The van der Waals surface area contributed by atoms with Gasteiger partial charge in [-0.1, -0.05) is 19.1 Å². The topological polar surface area (TPSA) is 49.3 Å². The van der Waals surface area contributed by atoms with Crippen LogP contribution in [-0.4, -0.2) is 30.6 Å². The summed E-state index contributed by atoms with van der Waals surface area (Å²) in [5.41, 5.74) is 0. The van der Waals surface area contributed by atoms with E-state index in [1.807, 2.05) is 13.1 Å². The van der Waals surface area contributed by atoms with Crippen LogP contribution in [0, 0.1) is 0 Å². The van der Waals surface area contributed by atoms with E-state index in [1.165, 1.54) is 9.88 Å². The van der Waals surface area contributed by atoms with E-state index in [2.05, 4.69) is 46.6 Å². The molecule has 0 aromatic carbocycles. The summed E-state index contributed by atoms with van der Waals surface area (Å²) in [6.07, 6.45) is 9.18. The monoisotopic (exact) mass is 294 g/mol. The first-order chi connectivity index (χ1) is 9.80. The number of hydrogen-bond acceptors (Lipinski definition) is 3. The summed E-state index contributed by atoms with van der Waals surface area (Å²) < 4.78 is 0. The molecule has 1 heterocycles. The summed E-state index contributed by atoms with van der Waals surface area (Å²) in [7, 11) is 0. The fourth-order valence-electron chi connectivity index (χ4n) is 1.67. The van der Waals surface area contributed by atoms with Crippen LogP contribution >= 0.6 is 11.3 Å². The van der Waals surface area contributed by atoms with E-state index < -0.39 is 0 Å². The van der Waals surface area contributed by atoms with E-state index in [1.54, 1.807) is 11.3 Å². The highest BCUT2D eigenvalue weighted by molar-refractivity contribution is 7.11. The smallest absolute Gasteiger partial charge is 0.191 e. The molecule has 0 aliphatic rings. The van der Waals surface area contributed by atoms with Gasteiger partial charge >= 0.3 is 0 Å². The summed E-state index contributed by atoms with van der Waals surface area (Å²) >= 11 is 1.80. The fraction of sp³-hybridized carbons (Fsp3) is 0.600. The van der Waals surface area contributed by atoms with E-state index in [9.17, 15) is 0 Å². The van der Waals surface area contributed by atoms with Gasteiger partial charge in [0.2, 0.25) is 0 Å². The van der Waals surface area contributed by atoms with Crippen molar-refractivity contribution >= 4 is 17.3 Å². The number of allylic oxidation sites excluding steroid dienone is 1. The number of aryl methyl sites for hydroxylation is 1. The molecule has 2 N–H and O–H groups in total. The maximum absolute atomic E-state index is 4.53. The van der Waals surface area contributed by atoms with Crippen molar-refractivity contribution in [3.05, 3.63) is 28.2 Å². The standard InChI is InChI=1S/C15H26N4S/c1-4-7-8-10-17-15(16-6-3)18-11-9-14-19-12-13(5-2)20-14/h4,7,12H,5-6,8-11H2,1-3H3,(H2,16,17,18)/b7-4+. The summed E-state index contributed by atoms with van der Waals surface area (Å²) in [5.74, 6) is 0.893. The largest absolute Gasteiger partial charge is 0.357 e. The van der Waals surface area contributed by atoms with Crippen LogP contribution in [0.2, 0.25) is 0 Å². The number of hydrogen-bond donors (Lipinski definition) is 2. The molecule has 1 rings (SSSR count). The fourth-order valence-corrected chi connectivity index (χ4v) is 2.54. The van der Waals surface area contributed by atoms with Gasteiger partial charge in [-0.3, -0.25) is 4.99 Å². The average molecular weight is 294 g/mol. The minimum Gasteiger partial charge on any atom is -0.357 e. The molecule has 112 valence electrons. The molecule has 0 aliphatic heterocycles. The van der Waals surface area contributed by atoms with Gasteiger partial charge in [0, 0.05) is 37.1 Å². The molecule has 0 saturated heterocycles. The molecule has 5 heteroatoms. The number of aliphatic imine (C=N–C) groups is 1. The van der Waals surface area contributed by atoms with Gasteiger partial charge < -0.3 is 10.6 Å². The lowest BCUT2D eigenvalue weighted by atomic mass is 10.4. The average Bonchev–Trinajstić information content (AvgIpc) is 2.91. The normalized spacial score (nSPS) is 12.1. The molecule has 0 radical (unpaired) electrons. The van der Waals surface area contributed by atoms with Crippen molar-refractivity contribution in [1.29, 1.82) is 0 Å². The Balaban J connectivity index is 2.34. The molecular formula is C15H26N4S. The minimum absolute atomic E-state index is 0.816. The first-order valence-electron chi connectivity index (χ1n) is 7.37. The Hall–Kier alpha value is -1.36. The van der Waals surface area contributed by atoms with Crippen molar-refractivity contribution < 1.29 is 0 Å². The lowest BCUT2D eigenvalue weighted by molar-refractivity contribution is 0.796. The highest BCUT2D eigenvalue weighted by Crippen LogP contribution is 2.13. The lowest BCUT2D eigenvalue weighted by Gasteiger charge is -2.10. The van der Waals surface area contributed by atoms with Crippen molar-refractivity contribution in [1.82, 2.24) is 15.6 Å². The van der Waals surface area contributed by atoms with Crippen LogP contribution in [0.3, 0.4) is 0 Å².